The molecule has 1 unspecified atom stereocenters. The zero-order chi connectivity index (χ0) is 9.26. The molecule has 3 nitrogen and oxygen atoms in total. The molecule has 0 saturated heterocycles. The van der Waals surface area contributed by atoms with Crippen LogP contribution >= 0.6 is 11.3 Å². The third-order valence-corrected chi connectivity index (χ3v) is 2.91. The van der Waals surface area contributed by atoms with Crippen LogP contribution in [0.2, 0.25) is 0 Å². The van der Waals surface area contributed by atoms with Gasteiger partial charge in [0.1, 0.15) is 11.4 Å². The van der Waals surface area contributed by atoms with E-state index in [4.69, 9.17) is 0 Å². The predicted molar refractivity (Wildman–Crippen MR) is 51.4 cm³/mol. The van der Waals surface area contributed by atoms with Crippen molar-refractivity contribution in [2.75, 3.05) is 0 Å². The van der Waals surface area contributed by atoms with Crippen LogP contribution in [-0.4, -0.2) is 8.76 Å². The molecular formula is C8H5O3S2-. The summed E-state index contributed by atoms with van der Waals surface area (Å²) in [7, 11) is 0. The van der Waals surface area contributed by atoms with Crippen molar-refractivity contribution < 1.29 is 12.9 Å². The number of rotatable bonds is 2. The van der Waals surface area contributed by atoms with Crippen molar-refractivity contribution in [1.29, 1.82) is 0 Å². The molecule has 2 rings (SSSR count). The third kappa shape index (κ3) is 1.72. The summed E-state index contributed by atoms with van der Waals surface area (Å²) in [5.74, 6) is 0. The molecule has 0 aliphatic heterocycles. The molecule has 0 aliphatic rings. The first-order valence-corrected chi connectivity index (χ1v) is 5.39. The van der Waals surface area contributed by atoms with E-state index in [1.54, 1.807) is 0 Å². The Labute approximate surface area is 81.5 Å². The smallest absolute Gasteiger partial charge is 0.200 e. The number of fused-ring (bicyclic) bond motifs is 1. The molecule has 1 atom stereocenters. The quantitative estimate of drug-likeness (QED) is 0.717. The molecule has 68 valence electrons. The zero-order valence-electron chi connectivity index (χ0n) is 6.43. The monoisotopic (exact) mass is 213 g/mol. The van der Waals surface area contributed by atoms with Gasteiger partial charge in [-0.25, -0.2) is 4.21 Å². The average Bonchev–Trinajstić information content (AvgIpc) is 2.48. The zero-order valence-corrected chi connectivity index (χ0v) is 8.06. The molecule has 2 aromatic rings. The van der Waals surface area contributed by atoms with Gasteiger partial charge < -0.3 is 8.74 Å². The van der Waals surface area contributed by atoms with E-state index in [9.17, 15) is 8.76 Å². The maximum absolute atomic E-state index is 10.3. The van der Waals surface area contributed by atoms with Gasteiger partial charge in [0.05, 0.1) is 0 Å². The topological polar surface area (TPSA) is 49.4 Å². The van der Waals surface area contributed by atoms with Gasteiger partial charge in [-0.15, -0.1) is 11.3 Å². The molecule has 1 heterocycles. The first kappa shape index (κ1) is 8.68. The fourth-order valence-corrected chi connectivity index (χ4v) is 2.38. The summed E-state index contributed by atoms with van der Waals surface area (Å²) in [6.07, 6.45) is 0. The molecule has 0 aliphatic carbocycles. The van der Waals surface area contributed by atoms with Gasteiger partial charge in [0.15, 0.2) is 0 Å². The highest BCUT2D eigenvalue weighted by Gasteiger charge is 2.03. The molecule has 0 amide bonds. The van der Waals surface area contributed by atoms with Crippen LogP contribution in [0, 0.1) is 0 Å². The van der Waals surface area contributed by atoms with Crippen LogP contribution in [0.25, 0.3) is 10.8 Å². The van der Waals surface area contributed by atoms with Crippen LogP contribution in [-0.2, 0) is 11.4 Å². The van der Waals surface area contributed by atoms with Crippen molar-refractivity contribution in [3.05, 3.63) is 29.6 Å². The maximum atomic E-state index is 10.3. The van der Waals surface area contributed by atoms with Crippen LogP contribution in [0.5, 0.6) is 5.06 Å². The number of benzene rings is 1. The number of hydrogen-bond donors (Lipinski definition) is 0. The van der Waals surface area contributed by atoms with E-state index >= 15 is 0 Å². The van der Waals surface area contributed by atoms with E-state index in [1.165, 1.54) is 11.3 Å². The van der Waals surface area contributed by atoms with E-state index in [0.29, 0.717) is 5.06 Å². The van der Waals surface area contributed by atoms with Crippen LogP contribution in [0.3, 0.4) is 0 Å². The molecular weight excluding hydrogens is 208 g/mol. The first-order valence-electron chi connectivity index (χ1n) is 3.51. The standard InChI is InChI=1S/C8H6O3S2/c9-13(10)11-8-7-4-2-1-3-6(7)5-12-8/h1-5H,(H,9,10)/p-1. The van der Waals surface area contributed by atoms with Crippen molar-refractivity contribution in [2.45, 2.75) is 0 Å². The highest BCUT2D eigenvalue weighted by Crippen LogP contribution is 2.32. The first-order chi connectivity index (χ1) is 6.27. The van der Waals surface area contributed by atoms with Crippen LogP contribution in [0.4, 0.5) is 0 Å². The van der Waals surface area contributed by atoms with E-state index < -0.39 is 11.4 Å². The molecule has 1 aromatic carbocycles. The summed E-state index contributed by atoms with van der Waals surface area (Å²) in [6.45, 7) is 0. The highest BCUT2D eigenvalue weighted by atomic mass is 32.2. The van der Waals surface area contributed by atoms with Crippen LogP contribution in [0.1, 0.15) is 0 Å². The van der Waals surface area contributed by atoms with Gasteiger partial charge in [-0.3, -0.25) is 0 Å². The van der Waals surface area contributed by atoms with Gasteiger partial charge in [-0.05, 0) is 11.5 Å². The highest BCUT2D eigenvalue weighted by molar-refractivity contribution is 7.74. The fraction of sp³-hybridized carbons (Fsp3) is 0. The Hall–Kier alpha value is -0.910. The Kier molecular flexibility index (Phi) is 2.30. The van der Waals surface area contributed by atoms with E-state index in [-0.39, 0.29) is 0 Å². The second-order valence-corrected chi connectivity index (χ2v) is 3.81. The van der Waals surface area contributed by atoms with Gasteiger partial charge >= 0.3 is 0 Å². The minimum absolute atomic E-state index is 0.420. The predicted octanol–water partition coefficient (Wildman–Crippen LogP) is 2.07. The third-order valence-electron chi connectivity index (χ3n) is 1.62. The van der Waals surface area contributed by atoms with E-state index in [1.807, 2.05) is 29.6 Å². The summed E-state index contributed by atoms with van der Waals surface area (Å²) >= 11 is -1.21. The van der Waals surface area contributed by atoms with Crippen molar-refractivity contribution in [2.24, 2.45) is 0 Å². The normalized spacial score (nSPS) is 13.0. The molecule has 0 N–H and O–H groups in total. The summed E-state index contributed by atoms with van der Waals surface area (Å²) < 4.78 is 25.2. The lowest BCUT2D eigenvalue weighted by Crippen LogP contribution is -1.95. The van der Waals surface area contributed by atoms with E-state index in [0.717, 1.165) is 10.8 Å². The van der Waals surface area contributed by atoms with Gasteiger partial charge in [-0.2, -0.15) is 0 Å². The molecule has 5 heteroatoms. The molecule has 0 bridgehead atoms. The second kappa shape index (κ2) is 3.45. The van der Waals surface area contributed by atoms with Crippen molar-refractivity contribution in [3.63, 3.8) is 0 Å². The molecule has 13 heavy (non-hydrogen) atoms. The Morgan fingerprint density at radius 3 is 2.92 bits per heavy atom. The summed E-state index contributed by atoms with van der Waals surface area (Å²) in [5, 5.41) is 4.10. The Bertz CT molecular complexity index is 449. The lowest BCUT2D eigenvalue weighted by molar-refractivity contribution is 0.447. The Morgan fingerprint density at radius 1 is 1.38 bits per heavy atom. The molecule has 0 spiro atoms. The van der Waals surface area contributed by atoms with Crippen molar-refractivity contribution in [3.8, 4) is 5.06 Å². The molecule has 1 aromatic heterocycles. The van der Waals surface area contributed by atoms with Gasteiger partial charge in [-0.1, -0.05) is 18.2 Å². The maximum Gasteiger partial charge on any atom is 0.200 e. The van der Waals surface area contributed by atoms with Crippen LogP contribution < -0.4 is 4.18 Å². The average molecular weight is 213 g/mol. The largest absolute Gasteiger partial charge is 0.740 e. The summed E-state index contributed by atoms with van der Waals surface area (Å²) in [6, 6.07) is 7.48. The minimum atomic E-state index is -2.49. The van der Waals surface area contributed by atoms with E-state index in [2.05, 4.69) is 4.18 Å². The lowest BCUT2D eigenvalue weighted by atomic mass is 10.2. The molecule has 0 radical (unpaired) electrons. The molecule has 0 fully saturated rings. The lowest BCUT2D eigenvalue weighted by Gasteiger charge is -2.04. The van der Waals surface area contributed by atoms with Crippen molar-refractivity contribution in [1.82, 2.24) is 0 Å². The summed E-state index contributed by atoms with van der Waals surface area (Å²) in [5.41, 5.74) is 0. The Morgan fingerprint density at radius 2 is 2.15 bits per heavy atom. The second-order valence-electron chi connectivity index (χ2n) is 2.40. The van der Waals surface area contributed by atoms with Crippen LogP contribution in [0.15, 0.2) is 29.6 Å². The Balaban J connectivity index is 2.51. The van der Waals surface area contributed by atoms with Gasteiger partial charge in [0.2, 0.25) is 5.06 Å². The van der Waals surface area contributed by atoms with Crippen molar-refractivity contribution >= 4 is 33.5 Å². The fourth-order valence-electron chi connectivity index (χ4n) is 1.09. The summed E-state index contributed by atoms with van der Waals surface area (Å²) in [4.78, 5) is 0. The SMILES string of the molecule is O=S([O-])Oc1scc2ccccc12. The number of hydrogen-bond acceptors (Lipinski definition) is 4. The minimum Gasteiger partial charge on any atom is -0.740 e. The molecule has 0 saturated carbocycles. The van der Waals surface area contributed by atoms with Gasteiger partial charge in [0.25, 0.3) is 0 Å². The number of thiophene rings is 1. The van der Waals surface area contributed by atoms with Gasteiger partial charge in [0, 0.05) is 10.8 Å².